The molecule has 20 heavy (non-hydrogen) atoms. The van der Waals surface area contributed by atoms with Gasteiger partial charge >= 0.3 is 0 Å². The fourth-order valence-corrected chi connectivity index (χ4v) is 2.74. The number of rotatable bonds is 7. The van der Waals surface area contributed by atoms with Crippen molar-refractivity contribution in [1.29, 1.82) is 5.41 Å². The van der Waals surface area contributed by atoms with Crippen LogP contribution in [0.5, 0.6) is 0 Å². The van der Waals surface area contributed by atoms with Gasteiger partial charge in [0.2, 0.25) is 0 Å². The summed E-state index contributed by atoms with van der Waals surface area (Å²) in [6.07, 6.45) is 2.65. The van der Waals surface area contributed by atoms with Crippen LogP contribution in [-0.2, 0) is 4.74 Å². The van der Waals surface area contributed by atoms with Crippen LogP contribution in [0, 0.1) is 5.41 Å². The van der Waals surface area contributed by atoms with Gasteiger partial charge in [0, 0.05) is 19.7 Å². The van der Waals surface area contributed by atoms with Crippen molar-refractivity contribution >= 4 is 5.84 Å². The second-order valence-corrected chi connectivity index (χ2v) is 5.41. The predicted molar refractivity (Wildman–Crippen MR) is 82.2 cm³/mol. The first-order valence-corrected chi connectivity index (χ1v) is 7.43. The zero-order valence-corrected chi connectivity index (χ0v) is 12.2. The van der Waals surface area contributed by atoms with Crippen molar-refractivity contribution in [2.24, 2.45) is 5.73 Å². The Balaban J connectivity index is 2.00. The third-order valence-corrected chi connectivity index (χ3v) is 3.95. The highest BCUT2D eigenvalue weighted by Gasteiger charge is 2.22. The van der Waals surface area contributed by atoms with Crippen molar-refractivity contribution in [3.05, 3.63) is 35.9 Å². The molecule has 0 aromatic heterocycles. The number of benzene rings is 1. The van der Waals surface area contributed by atoms with Crippen LogP contribution in [0.4, 0.5) is 0 Å². The van der Waals surface area contributed by atoms with E-state index in [4.69, 9.17) is 15.9 Å². The van der Waals surface area contributed by atoms with E-state index in [9.17, 15) is 0 Å². The standard InChI is InChI=1S/C16H25N3O/c1-2-19(11-14-9-6-10-20-14)12-15(16(17)18)13-7-4-3-5-8-13/h3-5,7-8,14-15H,2,6,9-12H2,1H3,(H3,17,18). The van der Waals surface area contributed by atoms with Gasteiger partial charge in [-0.25, -0.2) is 0 Å². The number of nitrogens with zero attached hydrogens (tertiary/aromatic N) is 1. The fraction of sp³-hybridized carbons (Fsp3) is 0.562. The molecule has 1 heterocycles. The summed E-state index contributed by atoms with van der Waals surface area (Å²) in [6.45, 7) is 5.72. The monoisotopic (exact) mass is 275 g/mol. The maximum Gasteiger partial charge on any atom is 0.0995 e. The van der Waals surface area contributed by atoms with E-state index >= 15 is 0 Å². The van der Waals surface area contributed by atoms with Crippen LogP contribution >= 0.6 is 0 Å². The first kappa shape index (κ1) is 15.0. The van der Waals surface area contributed by atoms with E-state index in [2.05, 4.69) is 11.8 Å². The van der Waals surface area contributed by atoms with E-state index in [0.29, 0.717) is 6.10 Å². The number of amidine groups is 1. The van der Waals surface area contributed by atoms with Gasteiger partial charge in [-0.3, -0.25) is 10.3 Å². The number of likely N-dealkylation sites (N-methyl/N-ethyl adjacent to an activating group) is 1. The van der Waals surface area contributed by atoms with Crippen molar-refractivity contribution in [2.45, 2.75) is 31.8 Å². The van der Waals surface area contributed by atoms with Crippen LogP contribution in [0.15, 0.2) is 30.3 Å². The highest BCUT2D eigenvalue weighted by molar-refractivity contribution is 5.84. The van der Waals surface area contributed by atoms with Crippen molar-refractivity contribution in [3.8, 4) is 0 Å². The molecule has 4 nitrogen and oxygen atoms in total. The molecule has 0 bridgehead atoms. The quantitative estimate of drug-likeness (QED) is 0.592. The molecule has 2 atom stereocenters. The van der Waals surface area contributed by atoms with Crippen molar-refractivity contribution in [2.75, 3.05) is 26.2 Å². The third-order valence-electron chi connectivity index (χ3n) is 3.95. The summed E-state index contributed by atoms with van der Waals surface area (Å²) in [7, 11) is 0. The molecule has 0 spiro atoms. The lowest BCUT2D eigenvalue weighted by molar-refractivity contribution is 0.0744. The van der Waals surface area contributed by atoms with Crippen LogP contribution in [0.2, 0.25) is 0 Å². The molecule has 2 unspecified atom stereocenters. The lowest BCUT2D eigenvalue weighted by Gasteiger charge is -2.28. The normalized spacial score (nSPS) is 20.2. The van der Waals surface area contributed by atoms with Gasteiger partial charge in [0.05, 0.1) is 17.9 Å². The van der Waals surface area contributed by atoms with E-state index < -0.39 is 0 Å². The first-order valence-electron chi connectivity index (χ1n) is 7.43. The average molecular weight is 275 g/mol. The Kier molecular flexibility index (Phi) is 5.56. The van der Waals surface area contributed by atoms with Gasteiger partial charge in [0.25, 0.3) is 0 Å². The van der Waals surface area contributed by atoms with Crippen molar-refractivity contribution < 1.29 is 4.74 Å². The fourth-order valence-electron chi connectivity index (χ4n) is 2.74. The second kappa shape index (κ2) is 7.41. The largest absolute Gasteiger partial charge is 0.387 e. The lowest BCUT2D eigenvalue weighted by Crippen LogP contribution is -2.38. The zero-order chi connectivity index (χ0) is 14.4. The zero-order valence-electron chi connectivity index (χ0n) is 12.2. The highest BCUT2D eigenvalue weighted by Crippen LogP contribution is 2.19. The summed E-state index contributed by atoms with van der Waals surface area (Å²) in [5.74, 6) is 0.208. The maximum atomic E-state index is 7.86. The van der Waals surface area contributed by atoms with Gasteiger partial charge in [-0.1, -0.05) is 37.3 Å². The van der Waals surface area contributed by atoms with Crippen LogP contribution in [0.1, 0.15) is 31.2 Å². The Morgan fingerprint density at radius 1 is 1.45 bits per heavy atom. The second-order valence-electron chi connectivity index (χ2n) is 5.41. The van der Waals surface area contributed by atoms with E-state index in [0.717, 1.165) is 44.6 Å². The van der Waals surface area contributed by atoms with Gasteiger partial charge in [-0.15, -0.1) is 0 Å². The summed E-state index contributed by atoms with van der Waals surface area (Å²) in [6, 6.07) is 10.1. The Morgan fingerprint density at radius 3 is 2.75 bits per heavy atom. The van der Waals surface area contributed by atoms with Gasteiger partial charge < -0.3 is 10.5 Å². The molecule has 0 aliphatic carbocycles. The Bertz CT molecular complexity index is 415. The van der Waals surface area contributed by atoms with Crippen LogP contribution in [0.3, 0.4) is 0 Å². The van der Waals surface area contributed by atoms with E-state index in [1.807, 2.05) is 30.3 Å². The summed E-state index contributed by atoms with van der Waals surface area (Å²) in [5, 5.41) is 7.86. The summed E-state index contributed by atoms with van der Waals surface area (Å²) in [5.41, 5.74) is 6.92. The molecule has 0 saturated carbocycles. The lowest BCUT2D eigenvalue weighted by atomic mass is 9.97. The molecular formula is C16H25N3O. The summed E-state index contributed by atoms with van der Waals surface area (Å²) in [4.78, 5) is 2.34. The van der Waals surface area contributed by atoms with Crippen LogP contribution in [-0.4, -0.2) is 43.1 Å². The molecule has 1 aromatic rings. The molecule has 0 radical (unpaired) electrons. The number of hydrogen-bond donors (Lipinski definition) is 2. The van der Waals surface area contributed by atoms with E-state index in [1.54, 1.807) is 0 Å². The third kappa shape index (κ3) is 4.05. The molecule has 3 N–H and O–H groups in total. The Labute approximate surface area is 121 Å². The van der Waals surface area contributed by atoms with E-state index in [-0.39, 0.29) is 11.8 Å². The van der Waals surface area contributed by atoms with Gasteiger partial charge in [0.1, 0.15) is 0 Å². The molecule has 4 heteroatoms. The molecule has 1 aromatic carbocycles. The summed E-state index contributed by atoms with van der Waals surface area (Å²) < 4.78 is 5.71. The average Bonchev–Trinajstić information content (AvgIpc) is 2.96. The van der Waals surface area contributed by atoms with Crippen molar-refractivity contribution in [3.63, 3.8) is 0 Å². The molecule has 1 aliphatic rings. The minimum atomic E-state index is -0.0300. The number of hydrogen-bond acceptors (Lipinski definition) is 3. The minimum absolute atomic E-state index is 0.0300. The Morgan fingerprint density at radius 2 is 2.20 bits per heavy atom. The summed E-state index contributed by atoms with van der Waals surface area (Å²) >= 11 is 0. The van der Waals surface area contributed by atoms with Gasteiger partial charge in [-0.05, 0) is 24.9 Å². The van der Waals surface area contributed by atoms with Crippen molar-refractivity contribution in [1.82, 2.24) is 4.90 Å². The van der Waals surface area contributed by atoms with Gasteiger partial charge in [-0.2, -0.15) is 0 Å². The molecule has 110 valence electrons. The number of nitrogens with two attached hydrogens (primary N) is 1. The smallest absolute Gasteiger partial charge is 0.0995 e. The maximum absolute atomic E-state index is 7.86. The van der Waals surface area contributed by atoms with E-state index in [1.165, 1.54) is 0 Å². The Hall–Kier alpha value is -1.39. The molecule has 2 rings (SSSR count). The molecule has 1 aliphatic heterocycles. The molecule has 1 saturated heterocycles. The van der Waals surface area contributed by atoms with Gasteiger partial charge in [0.15, 0.2) is 0 Å². The number of nitrogens with one attached hydrogen (secondary N) is 1. The topological polar surface area (TPSA) is 62.3 Å². The molecule has 0 amide bonds. The SMILES string of the molecule is CCN(CC1CCCO1)CC(C(=N)N)c1ccccc1. The van der Waals surface area contributed by atoms with Crippen LogP contribution in [0.25, 0.3) is 0 Å². The highest BCUT2D eigenvalue weighted by atomic mass is 16.5. The first-order chi connectivity index (χ1) is 9.70. The number of ether oxygens (including phenoxy) is 1. The molecular weight excluding hydrogens is 250 g/mol. The minimum Gasteiger partial charge on any atom is -0.387 e. The van der Waals surface area contributed by atoms with Crippen LogP contribution < -0.4 is 5.73 Å². The predicted octanol–water partition coefficient (Wildman–Crippen LogP) is 2.21. The molecule has 1 fully saturated rings.